The van der Waals surface area contributed by atoms with Crippen molar-refractivity contribution in [3.63, 3.8) is 0 Å². The van der Waals surface area contributed by atoms with Crippen LogP contribution in [0.25, 0.3) is 10.9 Å². The fraction of sp³-hybridized carbons (Fsp3) is 0.308. The van der Waals surface area contributed by atoms with E-state index in [4.69, 9.17) is 8.92 Å². The van der Waals surface area contributed by atoms with Gasteiger partial charge < -0.3 is 4.74 Å². The Morgan fingerprint density at radius 3 is 2.65 bits per heavy atom. The highest BCUT2D eigenvalue weighted by atomic mass is 79.9. The maximum absolute atomic E-state index is 11.1. The fourth-order valence-corrected chi connectivity index (χ4v) is 2.95. The third-order valence-corrected chi connectivity index (χ3v) is 3.88. The summed E-state index contributed by atoms with van der Waals surface area (Å²) in [6, 6.07) is 3.90. The van der Waals surface area contributed by atoms with Gasteiger partial charge in [-0.15, -0.1) is 0 Å². The van der Waals surface area contributed by atoms with Gasteiger partial charge in [0.05, 0.1) is 25.5 Å². The van der Waals surface area contributed by atoms with Gasteiger partial charge in [-0.1, -0.05) is 0 Å². The number of pyridine rings is 1. The molecule has 0 radical (unpaired) electrons. The van der Waals surface area contributed by atoms with E-state index in [-0.39, 0.29) is 6.61 Å². The first kappa shape index (κ1) is 15.2. The summed E-state index contributed by atoms with van der Waals surface area (Å²) in [5.41, 5.74) is 2.39. The van der Waals surface area contributed by atoms with E-state index in [0.29, 0.717) is 11.3 Å². The average molecular weight is 360 g/mol. The average Bonchev–Trinajstić information content (AvgIpc) is 2.34. The maximum atomic E-state index is 11.1. The second-order valence-electron chi connectivity index (χ2n) is 4.43. The SMILES string of the molecule is COc1c(COS(C)(=O)=O)cnc2c(Br)cc(C)cc12. The monoisotopic (exact) mass is 359 g/mol. The number of aryl methyl sites for hydroxylation is 1. The van der Waals surface area contributed by atoms with Crippen LogP contribution >= 0.6 is 15.9 Å². The minimum absolute atomic E-state index is 0.101. The van der Waals surface area contributed by atoms with Crippen LogP contribution in [0.5, 0.6) is 5.75 Å². The molecular weight excluding hydrogens is 346 g/mol. The van der Waals surface area contributed by atoms with Crippen LogP contribution in [0.15, 0.2) is 22.8 Å². The van der Waals surface area contributed by atoms with Crippen LogP contribution in [0.3, 0.4) is 0 Å². The third-order valence-electron chi connectivity index (χ3n) is 2.73. The Morgan fingerprint density at radius 1 is 1.35 bits per heavy atom. The van der Waals surface area contributed by atoms with E-state index in [1.165, 1.54) is 7.11 Å². The molecule has 0 N–H and O–H groups in total. The van der Waals surface area contributed by atoms with Crippen molar-refractivity contribution in [2.24, 2.45) is 0 Å². The summed E-state index contributed by atoms with van der Waals surface area (Å²) < 4.78 is 33.2. The molecule has 20 heavy (non-hydrogen) atoms. The quantitative estimate of drug-likeness (QED) is 0.785. The number of methoxy groups -OCH3 is 1. The Hall–Kier alpha value is -1.18. The molecule has 0 atom stereocenters. The van der Waals surface area contributed by atoms with Crippen LogP contribution in [-0.2, 0) is 20.9 Å². The number of ether oxygens (including phenoxy) is 1. The van der Waals surface area contributed by atoms with Gasteiger partial charge in [-0.05, 0) is 40.5 Å². The first-order valence-corrected chi connectivity index (χ1v) is 8.39. The molecule has 0 aliphatic carbocycles. The van der Waals surface area contributed by atoms with E-state index < -0.39 is 10.1 Å². The number of nitrogens with zero attached hydrogens (tertiary/aromatic N) is 1. The van der Waals surface area contributed by atoms with Crippen molar-refractivity contribution in [2.75, 3.05) is 13.4 Å². The van der Waals surface area contributed by atoms with Crippen LogP contribution in [0.2, 0.25) is 0 Å². The maximum Gasteiger partial charge on any atom is 0.264 e. The van der Waals surface area contributed by atoms with Gasteiger partial charge in [-0.3, -0.25) is 9.17 Å². The summed E-state index contributed by atoms with van der Waals surface area (Å²) in [5.74, 6) is 0.572. The van der Waals surface area contributed by atoms with Crippen molar-refractivity contribution in [1.29, 1.82) is 0 Å². The second-order valence-corrected chi connectivity index (χ2v) is 6.92. The highest BCUT2D eigenvalue weighted by molar-refractivity contribution is 9.10. The van der Waals surface area contributed by atoms with Gasteiger partial charge in [0.15, 0.2) is 0 Å². The first-order valence-electron chi connectivity index (χ1n) is 5.78. The third kappa shape index (κ3) is 3.28. The Bertz CT molecular complexity index is 759. The molecule has 108 valence electrons. The Morgan fingerprint density at radius 2 is 2.05 bits per heavy atom. The lowest BCUT2D eigenvalue weighted by Gasteiger charge is -2.12. The Balaban J connectivity index is 2.57. The molecule has 2 aromatic rings. The summed E-state index contributed by atoms with van der Waals surface area (Å²) in [7, 11) is -1.97. The molecule has 2 rings (SSSR count). The molecule has 0 spiro atoms. The summed E-state index contributed by atoms with van der Waals surface area (Å²) in [6.07, 6.45) is 2.57. The smallest absolute Gasteiger partial charge is 0.264 e. The second kappa shape index (κ2) is 5.67. The lowest BCUT2D eigenvalue weighted by molar-refractivity contribution is 0.303. The summed E-state index contributed by atoms with van der Waals surface area (Å²) in [6.45, 7) is 1.86. The minimum Gasteiger partial charge on any atom is -0.496 e. The highest BCUT2D eigenvalue weighted by Gasteiger charge is 2.14. The Labute approximate surface area is 126 Å². The number of aromatic nitrogens is 1. The number of rotatable bonds is 4. The molecule has 0 unspecified atom stereocenters. The van der Waals surface area contributed by atoms with E-state index >= 15 is 0 Å². The largest absolute Gasteiger partial charge is 0.496 e. The van der Waals surface area contributed by atoms with Gasteiger partial charge in [0, 0.05) is 21.6 Å². The molecule has 7 heteroatoms. The van der Waals surface area contributed by atoms with Crippen molar-refractivity contribution in [3.05, 3.63) is 33.9 Å². The van der Waals surface area contributed by atoms with E-state index in [0.717, 1.165) is 27.2 Å². The van der Waals surface area contributed by atoms with Crippen LogP contribution < -0.4 is 4.74 Å². The van der Waals surface area contributed by atoms with Crippen LogP contribution in [0.4, 0.5) is 0 Å². The molecule has 0 aliphatic heterocycles. The predicted octanol–water partition coefficient (Wildman–Crippen LogP) is 2.79. The van der Waals surface area contributed by atoms with Gasteiger partial charge in [0.25, 0.3) is 10.1 Å². The predicted molar refractivity (Wildman–Crippen MR) is 80.4 cm³/mol. The molecule has 1 aromatic heterocycles. The molecule has 0 aliphatic rings. The van der Waals surface area contributed by atoms with Crippen molar-refractivity contribution in [2.45, 2.75) is 13.5 Å². The zero-order valence-electron chi connectivity index (χ0n) is 11.3. The highest BCUT2D eigenvalue weighted by Crippen LogP contribution is 2.33. The van der Waals surface area contributed by atoms with Crippen molar-refractivity contribution < 1.29 is 17.3 Å². The zero-order chi connectivity index (χ0) is 14.9. The van der Waals surface area contributed by atoms with Crippen molar-refractivity contribution in [1.82, 2.24) is 4.98 Å². The summed E-state index contributed by atoms with van der Waals surface area (Å²) >= 11 is 3.46. The van der Waals surface area contributed by atoms with Gasteiger partial charge in [0.2, 0.25) is 0 Å². The van der Waals surface area contributed by atoms with Crippen LogP contribution in [0, 0.1) is 6.92 Å². The van der Waals surface area contributed by atoms with E-state index in [1.54, 1.807) is 6.20 Å². The normalized spacial score (nSPS) is 11.8. The number of hydrogen-bond donors (Lipinski definition) is 0. The summed E-state index contributed by atoms with van der Waals surface area (Å²) in [5, 5.41) is 0.814. The number of fused-ring (bicyclic) bond motifs is 1. The lowest BCUT2D eigenvalue weighted by atomic mass is 10.1. The van der Waals surface area contributed by atoms with E-state index in [2.05, 4.69) is 20.9 Å². The minimum atomic E-state index is -3.51. The van der Waals surface area contributed by atoms with Crippen LogP contribution in [0.1, 0.15) is 11.1 Å². The Kier molecular flexibility index (Phi) is 4.31. The van der Waals surface area contributed by atoms with Crippen LogP contribution in [-0.4, -0.2) is 26.8 Å². The van der Waals surface area contributed by atoms with Gasteiger partial charge >= 0.3 is 0 Å². The molecular formula is C13H14BrNO4S. The van der Waals surface area contributed by atoms with Gasteiger partial charge in [0.1, 0.15) is 5.75 Å². The van der Waals surface area contributed by atoms with Gasteiger partial charge in [-0.25, -0.2) is 0 Å². The van der Waals surface area contributed by atoms with Crippen molar-refractivity contribution in [3.8, 4) is 5.75 Å². The summed E-state index contributed by atoms with van der Waals surface area (Å²) in [4.78, 5) is 4.33. The molecule has 0 amide bonds. The molecule has 1 heterocycles. The zero-order valence-corrected chi connectivity index (χ0v) is 13.7. The van der Waals surface area contributed by atoms with E-state index in [9.17, 15) is 8.42 Å². The number of benzene rings is 1. The topological polar surface area (TPSA) is 65.5 Å². The van der Waals surface area contributed by atoms with E-state index in [1.807, 2.05) is 19.1 Å². The van der Waals surface area contributed by atoms with Gasteiger partial charge in [-0.2, -0.15) is 8.42 Å². The molecule has 1 aromatic carbocycles. The number of halogens is 1. The molecule has 0 saturated carbocycles. The van der Waals surface area contributed by atoms with Crippen molar-refractivity contribution >= 4 is 37.0 Å². The standard InChI is InChI=1S/C13H14BrNO4S/c1-8-4-10-12(11(14)5-8)15-6-9(13(10)18-2)7-19-20(3,16)17/h4-6H,7H2,1-3H3. The lowest BCUT2D eigenvalue weighted by Crippen LogP contribution is -2.05. The first-order chi connectivity index (χ1) is 9.31. The molecule has 0 saturated heterocycles. The number of hydrogen-bond acceptors (Lipinski definition) is 5. The molecule has 0 bridgehead atoms. The molecule has 5 nitrogen and oxygen atoms in total. The molecule has 0 fully saturated rings. The fourth-order valence-electron chi connectivity index (χ4n) is 1.93.